The van der Waals surface area contributed by atoms with Gasteiger partial charge in [-0.3, -0.25) is 4.79 Å². The van der Waals surface area contributed by atoms with Gasteiger partial charge in [-0.05, 0) is 42.0 Å². The first kappa shape index (κ1) is 20.5. The molecule has 0 bridgehead atoms. The molecule has 3 rings (SSSR count). The third kappa shape index (κ3) is 4.25. The number of benzene rings is 2. The zero-order chi connectivity index (χ0) is 20.3. The summed E-state index contributed by atoms with van der Waals surface area (Å²) in [5.41, 5.74) is 4.53. The first-order valence-electron chi connectivity index (χ1n) is 10.0. The van der Waals surface area contributed by atoms with Crippen LogP contribution in [-0.2, 0) is 11.2 Å². The third-order valence-corrected chi connectivity index (χ3v) is 5.99. The van der Waals surface area contributed by atoms with Crippen LogP contribution in [0.2, 0.25) is 5.02 Å². The number of aryl methyl sites for hydroxylation is 1. The van der Waals surface area contributed by atoms with Gasteiger partial charge in [0, 0.05) is 40.5 Å². The van der Waals surface area contributed by atoms with Crippen LogP contribution in [0.3, 0.4) is 0 Å². The summed E-state index contributed by atoms with van der Waals surface area (Å²) in [5.74, 6) is 0.337. The first-order valence-corrected chi connectivity index (χ1v) is 10.4. The SMILES string of the molecule is CCc1cccc2c(C(CC(=O)NC(C)C(C)C)c3ccccc3Cl)c[nH]c12. The molecule has 2 aromatic carbocycles. The number of halogens is 1. The van der Waals surface area contributed by atoms with E-state index in [1.165, 1.54) is 5.56 Å². The van der Waals surface area contributed by atoms with E-state index < -0.39 is 0 Å². The summed E-state index contributed by atoms with van der Waals surface area (Å²) in [4.78, 5) is 16.3. The predicted molar refractivity (Wildman–Crippen MR) is 118 cm³/mol. The number of H-pyrrole nitrogens is 1. The number of carbonyl (C=O) groups is 1. The lowest BCUT2D eigenvalue weighted by molar-refractivity contribution is -0.122. The van der Waals surface area contributed by atoms with Crippen LogP contribution >= 0.6 is 11.6 Å². The molecule has 2 atom stereocenters. The molecule has 0 saturated carbocycles. The molecule has 148 valence electrons. The maximum absolute atomic E-state index is 12.8. The van der Waals surface area contributed by atoms with Gasteiger partial charge in [-0.15, -0.1) is 0 Å². The van der Waals surface area contributed by atoms with Crippen LogP contribution < -0.4 is 5.32 Å². The minimum absolute atomic E-state index is 0.0483. The highest BCUT2D eigenvalue weighted by Crippen LogP contribution is 2.37. The van der Waals surface area contributed by atoms with E-state index in [0.717, 1.165) is 28.5 Å². The van der Waals surface area contributed by atoms with Crippen LogP contribution in [-0.4, -0.2) is 16.9 Å². The Bertz CT molecular complexity index is 960. The molecule has 0 fully saturated rings. The zero-order valence-electron chi connectivity index (χ0n) is 17.1. The number of hydrogen-bond donors (Lipinski definition) is 2. The maximum Gasteiger partial charge on any atom is 0.221 e. The monoisotopic (exact) mass is 396 g/mol. The van der Waals surface area contributed by atoms with Gasteiger partial charge in [0.05, 0.1) is 0 Å². The Morgan fingerprint density at radius 3 is 2.50 bits per heavy atom. The lowest BCUT2D eigenvalue weighted by Crippen LogP contribution is -2.36. The second kappa shape index (κ2) is 8.83. The van der Waals surface area contributed by atoms with Crippen molar-refractivity contribution >= 4 is 28.4 Å². The second-order valence-electron chi connectivity index (χ2n) is 7.82. The molecule has 4 heteroatoms. The minimum atomic E-state index is -0.103. The van der Waals surface area contributed by atoms with Crippen LogP contribution in [0.25, 0.3) is 10.9 Å². The Morgan fingerprint density at radius 1 is 1.07 bits per heavy atom. The molecule has 1 amide bonds. The number of aromatic nitrogens is 1. The summed E-state index contributed by atoms with van der Waals surface area (Å²) in [6.45, 7) is 8.43. The molecule has 2 unspecified atom stereocenters. The molecular weight excluding hydrogens is 368 g/mol. The molecule has 3 aromatic rings. The van der Waals surface area contributed by atoms with Gasteiger partial charge in [0.1, 0.15) is 0 Å². The first-order chi connectivity index (χ1) is 13.4. The predicted octanol–water partition coefficient (Wildman–Crippen LogP) is 6.07. The molecular formula is C24H29ClN2O. The van der Waals surface area contributed by atoms with Gasteiger partial charge in [-0.25, -0.2) is 0 Å². The number of rotatable bonds is 7. The number of aromatic amines is 1. The number of para-hydroxylation sites is 1. The highest BCUT2D eigenvalue weighted by molar-refractivity contribution is 6.31. The van der Waals surface area contributed by atoms with Crippen LogP contribution in [0.4, 0.5) is 0 Å². The summed E-state index contributed by atoms with van der Waals surface area (Å²) in [7, 11) is 0. The molecule has 3 nitrogen and oxygen atoms in total. The molecule has 0 aliphatic rings. The molecule has 0 aliphatic carbocycles. The van der Waals surface area contributed by atoms with E-state index in [0.29, 0.717) is 17.4 Å². The summed E-state index contributed by atoms with van der Waals surface area (Å²) >= 11 is 6.54. The van der Waals surface area contributed by atoms with Crippen molar-refractivity contribution in [2.45, 2.75) is 52.5 Å². The Morgan fingerprint density at radius 2 is 1.82 bits per heavy atom. The van der Waals surface area contributed by atoms with Crippen LogP contribution in [0.1, 0.15) is 56.7 Å². The number of carbonyl (C=O) groups excluding carboxylic acids is 1. The van der Waals surface area contributed by atoms with Gasteiger partial charge in [-0.1, -0.05) is 68.8 Å². The number of fused-ring (bicyclic) bond motifs is 1. The van der Waals surface area contributed by atoms with E-state index in [-0.39, 0.29) is 17.9 Å². The highest BCUT2D eigenvalue weighted by atomic mass is 35.5. The maximum atomic E-state index is 12.8. The molecule has 1 aromatic heterocycles. The van der Waals surface area contributed by atoms with Crippen LogP contribution in [0, 0.1) is 5.92 Å². The van der Waals surface area contributed by atoms with E-state index in [1.54, 1.807) is 0 Å². The molecule has 2 N–H and O–H groups in total. The molecule has 0 radical (unpaired) electrons. The number of hydrogen-bond acceptors (Lipinski definition) is 1. The van der Waals surface area contributed by atoms with Crippen LogP contribution in [0.5, 0.6) is 0 Å². The Labute approximate surface area is 172 Å². The number of amides is 1. The second-order valence-corrected chi connectivity index (χ2v) is 8.22. The van der Waals surface area contributed by atoms with Gasteiger partial charge in [-0.2, -0.15) is 0 Å². The Kier molecular flexibility index (Phi) is 6.46. The van der Waals surface area contributed by atoms with Crippen molar-refractivity contribution in [3.8, 4) is 0 Å². The average Bonchev–Trinajstić information content (AvgIpc) is 3.10. The van der Waals surface area contributed by atoms with E-state index in [9.17, 15) is 4.79 Å². The minimum Gasteiger partial charge on any atom is -0.361 e. The fraction of sp³-hybridized carbons (Fsp3) is 0.375. The highest BCUT2D eigenvalue weighted by Gasteiger charge is 2.24. The molecule has 28 heavy (non-hydrogen) atoms. The summed E-state index contributed by atoms with van der Waals surface area (Å²) < 4.78 is 0. The van der Waals surface area contributed by atoms with Gasteiger partial charge < -0.3 is 10.3 Å². The molecule has 1 heterocycles. The van der Waals surface area contributed by atoms with Gasteiger partial charge >= 0.3 is 0 Å². The zero-order valence-corrected chi connectivity index (χ0v) is 17.8. The van der Waals surface area contributed by atoms with Crippen molar-refractivity contribution in [1.82, 2.24) is 10.3 Å². The summed E-state index contributed by atoms with van der Waals surface area (Å²) in [6.07, 6.45) is 3.36. The van der Waals surface area contributed by atoms with Crippen molar-refractivity contribution in [3.63, 3.8) is 0 Å². The van der Waals surface area contributed by atoms with E-state index in [1.807, 2.05) is 37.4 Å². The third-order valence-electron chi connectivity index (χ3n) is 5.65. The summed E-state index contributed by atoms with van der Waals surface area (Å²) in [6, 6.07) is 14.3. The standard InChI is InChI=1S/C24H29ClN2O/c1-5-17-9-8-11-19-21(14-26-24(17)19)20(18-10-6-7-12-22(18)25)13-23(28)27-16(4)15(2)3/h6-12,14-16,20,26H,5,13H2,1-4H3,(H,27,28). The van der Waals surface area contributed by atoms with Crippen molar-refractivity contribution in [3.05, 3.63) is 70.4 Å². The van der Waals surface area contributed by atoms with Crippen molar-refractivity contribution < 1.29 is 4.79 Å². The van der Waals surface area contributed by atoms with Gasteiger partial charge in [0.25, 0.3) is 0 Å². The fourth-order valence-corrected chi connectivity index (χ4v) is 3.90. The molecule has 0 aliphatic heterocycles. The van der Waals surface area contributed by atoms with Gasteiger partial charge in [0.2, 0.25) is 5.91 Å². The largest absolute Gasteiger partial charge is 0.361 e. The quantitative estimate of drug-likeness (QED) is 0.500. The van der Waals surface area contributed by atoms with E-state index in [4.69, 9.17) is 11.6 Å². The van der Waals surface area contributed by atoms with Crippen molar-refractivity contribution in [2.24, 2.45) is 5.92 Å². The smallest absolute Gasteiger partial charge is 0.221 e. The van der Waals surface area contributed by atoms with E-state index in [2.05, 4.69) is 49.3 Å². The lowest BCUT2D eigenvalue weighted by atomic mass is 9.87. The molecule has 0 spiro atoms. The Hall–Kier alpha value is -2.26. The fourth-order valence-electron chi connectivity index (χ4n) is 3.63. The topological polar surface area (TPSA) is 44.9 Å². The normalized spacial score (nSPS) is 13.6. The van der Waals surface area contributed by atoms with Crippen molar-refractivity contribution in [1.29, 1.82) is 0 Å². The lowest BCUT2D eigenvalue weighted by Gasteiger charge is -2.22. The van der Waals surface area contributed by atoms with E-state index >= 15 is 0 Å². The van der Waals surface area contributed by atoms with Crippen LogP contribution in [0.15, 0.2) is 48.7 Å². The molecule has 0 saturated heterocycles. The van der Waals surface area contributed by atoms with Crippen molar-refractivity contribution in [2.75, 3.05) is 0 Å². The number of nitrogens with one attached hydrogen (secondary N) is 2. The Balaban J connectivity index is 2.03. The van der Waals surface area contributed by atoms with Gasteiger partial charge in [0.15, 0.2) is 0 Å². The average molecular weight is 397 g/mol. The summed E-state index contributed by atoms with van der Waals surface area (Å²) in [5, 5.41) is 4.99.